The van der Waals surface area contributed by atoms with Crippen molar-refractivity contribution in [2.75, 3.05) is 5.32 Å². The maximum absolute atomic E-state index is 13.0. The van der Waals surface area contributed by atoms with Crippen molar-refractivity contribution in [1.82, 2.24) is 24.5 Å². The van der Waals surface area contributed by atoms with Crippen LogP contribution in [0.25, 0.3) is 10.9 Å². The molecule has 3 N–H and O–H groups in total. The second-order valence-corrected chi connectivity index (χ2v) is 6.67. The summed E-state index contributed by atoms with van der Waals surface area (Å²) in [6.07, 6.45) is 4.67. The smallest absolute Gasteiger partial charge is 0.329 e. The number of H-pyrrole nitrogens is 2. The summed E-state index contributed by atoms with van der Waals surface area (Å²) in [5, 5.41) is 5.09. The fourth-order valence-electron chi connectivity index (χ4n) is 2.84. The normalized spacial score (nSPS) is 12.1. The number of para-hydroxylation sites is 1. The first-order valence-electron chi connectivity index (χ1n) is 8.04. The van der Waals surface area contributed by atoms with Crippen LogP contribution in [0.15, 0.2) is 58.0 Å². The van der Waals surface area contributed by atoms with Crippen molar-refractivity contribution >= 4 is 33.3 Å². The zero-order chi connectivity index (χ0) is 18.8. The van der Waals surface area contributed by atoms with Crippen LogP contribution in [-0.4, -0.2) is 30.4 Å². The topological polar surface area (TPSA) is 126 Å². The molecule has 1 amide bonds. The highest BCUT2D eigenvalue weighted by Crippen LogP contribution is 2.16. The Kier molecular flexibility index (Phi) is 4.38. The number of benzene rings is 1. The third-order valence-electron chi connectivity index (χ3n) is 4.08. The minimum absolute atomic E-state index is 0.0958. The zero-order valence-corrected chi connectivity index (χ0v) is 14.7. The number of anilines is 1. The molecule has 4 rings (SSSR count). The maximum atomic E-state index is 13.0. The molecule has 0 spiro atoms. The Bertz CT molecular complexity index is 1190. The van der Waals surface area contributed by atoms with Crippen molar-refractivity contribution in [1.29, 1.82) is 0 Å². The van der Waals surface area contributed by atoms with Gasteiger partial charge in [0.25, 0.3) is 5.56 Å². The molecule has 27 heavy (non-hydrogen) atoms. The number of carbonyl (C=O) groups is 1. The number of aromatic nitrogens is 5. The van der Waals surface area contributed by atoms with Crippen LogP contribution in [0.3, 0.4) is 0 Å². The summed E-state index contributed by atoms with van der Waals surface area (Å²) in [4.78, 5) is 52.0. The molecule has 4 aromatic rings. The van der Waals surface area contributed by atoms with Crippen LogP contribution >= 0.6 is 11.3 Å². The predicted molar refractivity (Wildman–Crippen MR) is 101 cm³/mol. The number of fused-ring (bicyclic) bond motifs is 1. The first-order valence-corrected chi connectivity index (χ1v) is 8.92. The molecule has 0 fully saturated rings. The number of rotatable bonds is 5. The lowest BCUT2D eigenvalue weighted by Crippen LogP contribution is -2.43. The Morgan fingerprint density at radius 2 is 2.15 bits per heavy atom. The Morgan fingerprint density at radius 1 is 1.30 bits per heavy atom. The summed E-state index contributed by atoms with van der Waals surface area (Å²) in [6.45, 7) is 0. The van der Waals surface area contributed by atoms with Crippen LogP contribution in [0.1, 0.15) is 11.7 Å². The minimum atomic E-state index is -1.07. The van der Waals surface area contributed by atoms with Crippen molar-refractivity contribution in [3.63, 3.8) is 0 Å². The Labute approximate surface area is 155 Å². The van der Waals surface area contributed by atoms with E-state index in [1.807, 2.05) is 0 Å². The molecule has 10 heteroatoms. The van der Waals surface area contributed by atoms with Gasteiger partial charge in [-0.3, -0.25) is 9.59 Å². The molecule has 1 atom stereocenters. The molecule has 0 bridgehead atoms. The van der Waals surface area contributed by atoms with Gasteiger partial charge >= 0.3 is 5.69 Å². The van der Waals surface area contributed by atoms with E-state index in [1.165, 1.54) is 17.7 Å². The molecule has 0 radical (unpaired) electrons. The van der Waals surface area contributed by atoms with Crippen molar-refractivity contribution in [2.45, 2.75) is 12.5 Å². The third-order valence-corrected chi connectivity index (χ3v) is 4.77. The van der Waals surface area contributed by atoms with E-state index in [9.17, 15) is 14.4 Å². The van der Waals surface area contributed by atoms with E-state index in [-0.39, 0.29) is 6.42 Å². The predicted octanol–water partition coefficient (Wildman–Crippen LogP) is 1.29. The molecule has 1 unspecified atom stereocenters. The molecular weight excluding hydrogens is 368 g/mol. The van der Waals surface area contributed by atoms with Crippen molar-refractivity contribution in [2.24, 2.45) is 0 Å². The molecular formula is C17H14N6O3S. The van der Waals surface area contributed by atoms with Gasteiger partial charge in [0, 0.05) is 29.9 Å². The average Bonchev–Trinajstić information content (AvgIpc) is 3.35. The molecule has 1 aromatic carbocycles. The molecule has 136 valence electrons. The SMILES string of the molecule is O=C(Nc1nccs1)C(Cc1cnc[nH]1)n1c(=O)[nH]c2ccccc2c1=O. The lowest BCUT2D eigenvalue weighted by molar-refractivity contribution is -0.119. The number of hydrogen-bond acceptors (Lipinski definition) is 6. The van der Waals surface area contributed by atoms with Gasteiger partial charge in [-0.15, -0.1) is 11.3 Å². The number of carbonyl (C=O) groups excluding carboxylic acids is 1. The van der Waals surface area contributed by atoms with E-state index in [1.54, 1.807) is 42.0 Å². The van der Waals surface area contributed by atoms with Crippen molar-refractivity contribution in [3.8, 4) is 0 Å². The van der Waals surface area contributed by atoms with Crippen LogP contribution in [0.5, 0.6) is 0 Å². The Morgan fingerprint density at radius 3 is 2.89 bits per heavy atom. The Balaban J connectivity index is 1.83. The van der Waals surface area contributed by atoms with Gasteiger partial charge in [0.15, 0.2) is 5.13 Å². The molecule has 0 saturated heterocycles. The van der Waals surface area contributed by atoms with Crippen LogP contribution in [0.4, 0.5) is 5.13 Å². The van der Waals surface area contributed by atoms with Gasteiger partial charge in [-0.1, -0.05) is 12.1 Å². The highest BCUT2D eigenvalue weighted by atomic mass is 32.1. The van der Waals surface area contributed by atoms with Crippen LogP contribution in [0, 0.1) is 0 Å². The second kappa shape index (κ2) is 7.00. The van der Waals surface area contributed by atoms with Gasteiger partial charge in [-0.2, -0.15) is 0 Å². The number of nitrogens with zero attached hydrogens (tertiary/aromatic N) is 3. The third kappa shape index (κ3) is 3.29. The van der Waals surface area contributed by atoms with Crippen LogP contribution in [0.2, 0.25) is 0 Å². The first kappa shape index (κ1) is 16.9. The summed E-state index contributed by atoms with van der Waals surface area (Å²) in [7, 11) is 0. The number of aromatic amines is 2. The van der Waals surface area contributed by atoms with Gasteiger partial charge in [0.1, 0.15) is 6.04 Å². The molecule has 3 heterocycles. The average molecular weight is 382 g/mol. The highest BCUT2D eigenvalue weighted by Gasteiger charge is 2.26. The van der Waals surface area contributed by atoms with Gasteiger partial charge in [-0.05, 0) is 12.1 Å². The lowest BCUT2D eigenvalue weighted by atomic mass is 10.1. The summed E-state index contributed by atoms with van der Waals surface area (Å²) in [5.74, 6) is -0.512. The van der Waals surface area contributed by atoms with E-state index in [0.29, 0.717) is 21.7 Å². The molecule has 0 aliphatic carbocycles. The van der Waals surface area contributed by atoms with Crippen molar-refractivity contribution in [3.05, 3.63) is 74.9 Å². The summed E-state index contributed by atoms with van der Waals surface area (Å²) >= 11 is 1.25. The number of imidazole rings is 1. The molecule has 9 nitrogen and oxygen atoms in total. The number of nitrogens with one attached hydrogen (secondary N) is 3. The van der Waals surface area contributed by atoms with E-state index >= 15 is 0 Å². The van der Waals surface area contributed by atoms with Gasteiger partial charge in [0.05, 0.1) is 17.2 Å². The molecule has 0 saturated carbocycles. The quantitative estimate of drug-likeness (QED) is 0.480. The van der Waals surface area contributed by atoms with Crippen LogP contribution < -0.4 is 16.6 Å². The summed E-state index contributed by atoms with van der Waals surface area (Å²) in [5.41, 5.74) is -0.149. The summed E-state index contributed by atoms with van der Waals surface area (Å²) in [6, 6.07) is 5.60. The largest absolute Gasteiger partial charge is 0.348 e. The minimum Gasteiger partial charge on any atom is -0.348 e. The van der Waals surface area contributed by atoms with Gasteiger partial charge in [0.2, 0.25) is 5.91 Å². The monoisotopic (exact) mass is 382 g/mol. The molecule has 0 aliphatic rings. The number of amides is 1. The zero-order valence-electron chi connectivity index (χ0n) is 13.9. The number of thiazole rings is 1. The highest BCUT2D eigenvalue weighted by molar-refractivity contribution is 7.13. The maximum Gasteiger partial charge on any atom is 0.329 e. The van der Waals surface area contributed by atoms with Gasteiger partial charge < -0.3 is 15.3 Å². The first-order chi connectivity index (χ1) is 13.1. The standard InChI is InChI=1S/C17H14N6O3S/c24-14(22-16-19-5-6-27-16)13(7-10-8-18-9-20-10)23-15(25)11-3-1-2-4-12(11)21-17(23)26/h1-6,8-9,13H,7H2,(H,18,20)(H,21,26)(H,19,22,24). The molecule has 3 aromatic heterocycles. The van der Waals surface area contributed by atoms with Gasteiger partial charge in [-0.25, -0.2) is 19.3 Å². The van der Waals surface area contributed by atoms with E-state index in [0.717, 1.165) is 4.57 Å². The Hall–Kier alpha value is -3.53. The lowest BCUT2D eigenvalue weighted by Gasteiger charge is -2.17. The second-order valence-electron chi connectivity index (χ2n) is 5.77. The van der Waals surface area contributed by atoms with Crippen LogP contribution in [-0.2, 0) is 11.2 Å². The van der Waals surface area contributed by atoms with Crippen molar-refractivity contribution < 1.29 is 4.79 Å². The summed E-state index contributed by atoms with van der Waals surface area (Å²) < 4.78 is 0.937. The molecule has 0 aliphatic heterocycles. The van der Waals surface area contributed by atoms with E-state index in [4.69, 9.17) is 0 Å². The van der Waals surface area contributed by atoms with E-state index in [2.05, 4.69) is 25.3 Å². The number of hydrogen-bond donors (Lipinski definition) is 3. The van der Waals surface area contributed by atoms with E-state index < -0.39 is 23.2 Å². The fourth-order valence-corrected chi connectivity index (χ4v) is 3.37. The fraction of sp³-hybridized carbons (Fsp3) is 0.118.